The molecule has 2 aromatic rings. The molecule has 0 radical (unpaired) electrons. The van der Waals surface area contributed by atoms with Crippen LogP contribution in [0.25, 0.3) is 0 Å². The van der Waals surface area contributed by atoms with Crippen molar-refractivity contribution in [1.82, 2.24) is 4.98 Å². The lowest BCUT2D eigenvalue weighted by Crippen LogP contribution is -2.29. The molecule has 1 heterocycles. The maximum absolute atomic E-state index is 13.6. The summed E-state index contributed by atoms with van der Waals surface area (Å²) in [5.74, 6) is -0.246. The minimum atomic E-state index is -4.63. The van der Waals surface area contributed by atoms with Crippen LogP contribution in [0, 0.1) is 19.3 Å². The summed E-state index contributed by atoms with van der Waals surface area (Å²) in [5, 5.41) is 10.2. The Morgan fingerprint density at radius 1 is 1.07 bits per heavy atom. The van der Waals surface area contributed by atoms with Crippen LogP contribution in [0.15, 0.2) is 18.2 Å². The van der Waals surface area contributed by atoms with Crippen molar-refractivity contribution >= 4 is 5.78 Å². The molecule has 1 aromatic heterocycles. The van der Waals surface area contributed by atoms with E-state index in [1.807, 2.05) is 27.7 Å². The van der Waals surface area contributed by atoms with Crippen LogP contribution in [0.1, 0.15) is 64.3 Å². The van der Waals surface area contributed by atoms with Gasteiger partial charge < -0.3 is 5.11 Å². The van der Waals surface area contributed by atoms with Gasteiger partial charge in [0.1, 0.15) is 11.4 Å². The maximum atomic E-state index is 13.6. The Kier molecular flexibility index (Phi) is 4.57. The molecule has 3 nitrogen and oxygen atoms in total. The van der Waals surface area contributed by atoms with Gasteiger partial charge in [-0.3, -0.25) is 4.79 Å². The van der Waals surface area contributed by atoms with Gasteiger partial charge in [-0.05, 0) is 60.1 Å². The summed E-state index contributed by atoms with van der Waals surface area (Å²) in [6.07, 6.45) is -4.17. The van der Waals surface area contributed by atoms with Gasteiger partial charge in [0.25, 0.3) is 0 Å². The Hall–Kier alpha value is -2.37. The number of rotatable bonds is 2. The molecule has 0 fully saturated rings. The second-order valence-electron chi connectivity index (χ2n) is 8.17. The van der Waals surface area contributed by atoms with Gasteiger partial charge in [0.15, 0.2) is 5.78 Å². The number of fused-ring (bicyclic) bond motifs is 1. The van der Waals surface area contributed by atoms with E-state index in [1.165, 1.54) is 12.1 Å². The molecular formula is C21H22F3NO2. The zero-order valence-corrected chi connectivity index (χ0v) is 15.8. The van der Waals surface area contributed by atoms with Crippen LogP contribution >= 0.6 is 0 Å². The van der Waals surface area contributed by atoms with Gasteiger partial charge in [-0.25, -0.2) is 4.98 Å². The van der Waals surface area contributed by atoms with Crippen LogP contribution in [0.2, 0.25) is 0 Å². The van der Waals surface area contributed by atoms with Crippen LogP contribution in [-0.2, 0) is 19.0 Å². The van der Waals surface area contributed by atoms with E-state index >= 15 is 0 Å². The quantitative estimate of drug-likeness (QED) is 0.786. The molecule has 27 heavy (non-hydrogen) atoms. The number of carbonyl (C=O) groups excluding carboxylic acids is 1. The van der Waals surface area contributed by atoms with E-state index in [9.17, 15) is 23.1 Å². The number of benzene rings is 1. The number of nitrogens with zero attached hydrogens (tertiary/aromatic N) is 1. The van der Waals surface area contributed by atoms with Crippen LogP contribution < -0.4 is 0 Å². The molecule has 144 valence electrons. The standard InChI is InChI=1S/C21H22F3NO2/c1-11-5-13(17(26)6-12(11)2)7-14-8-15-16(25-19(14)21(22,23)24)9-20(3,4)10-18(15)27/h5-6,8,26H,7,9-10H2,1-4H3. The zero-order valence-electron chi connectivity index (χ0n) is 15.8. The first-order valence-corrected chi connectivity index (χ1v) is 8.80. The molecule has 1 aromatic carbocycles. The fourth-order valence-electron chi connectivity index (χ4n) is 3.60. The SMILES string of the molecule is Cc1cc(O)c(Cc2cc3c(nc2C(F)(F)F)CC(C)(C)CC3=O)cc1C. The third kappa shape index (κ3) is 3.84. The van der Waals surface area contributed by atoms with Gasteiger partial charge in [0.2, 0.25) is 0 Å². The molecule has 0 unspecified atom stereocenters. The molecule has 0 saturated heterocycles. The summed E-state index contributed by atoms with van der Waals surface area (Å²) in [7, 11) is 0. The number of ketones is 1. The van der Waals surface area contributed by atoms with Crippen molar-refractivity contribution in [2.75, 3.05) is 0 Å². The number of hydrogen-bond donors (Lipinski definition) is 1. The normalized spacial score (nSPS) is 16.3. The predicted molar refractivity (Wildman–Crippen MR) is 96.1 cm³/mol. The molecule has 0 aliphatic heterocycles. The minimum Gasteiger partial charge on any atom is -0.508 e. The largest absolute Gasteiger partial charge is 0.508 e. The number of halogens is 3. The van der Waals surface area contributed by atoms with Crippen molar-refractivity contribution in [1.29, 1.82) is 0 Å². The lowest BCUT2D eigenvalue weighted by atomic mass is 9.75. The zero-order chi connectivity index (χ0) is 20.1. The number of phenols is 1. The van der Waals surface area contributed by atoms with Crippen molar-refractivity contribution in [2.45, 2.75) is 53.1 Å². The van der Waals surface area contributed by atoms with Crippen LogP contribution in [0.4, 0.5) is 13.2 Å². The van der Waals surface area contributed by atoms with E-state index in [2.05, 4.69) is 4.98 Å². The highest BCUT2D eigenvalue weighted by Crippen LogP contribution is 2.39. The average molecular weight is 377 g/mol. The number of phenolic OH excluding ortho intramolecular Hbond substituents is 1. The van der Waals surface area contributed by atoms with Crippen molar-refractivity contribution in [3.63, 3.8) is 0 Å². The lowest BCUT2D eigenvalue weighted by molar-refractivity contribution is -0.141. The van der Waals surface area contributed by atoms with Crippen molar-refractivity contribution < 1.29 is 23.1 Å². The molecule has 6 heteroatoms. The molecule has 0 saturated carbocycles. The number of hydrogen-bond acceptors (Lipinski definition) is 3. The van der Waals surface area contributed by atoms with E-state index in [4.69, 9.17) is 0 Å². The fraction of sp³-hybridized carbons (Fsp3) is 0.429. The molecule has 0 amide bonds. The van der Waals surface area contributed by atoms with Crippen LogP contribution in [-0.4, -0.2) is 15.9 Å². The van der Waals surface area contributed by atoms with E-state index < -0.39 is 17.3 Å². The number of Topliss-reactive ketones (excluding diaryl/α,β-unsaturated/α-hetero) is 1. The van der Waals surface area contributed by atoms with E-state index in [-0.39, 0.29) is 41.2 Å². The van der Waals surface area contributed by atoms with Gasteiger partial charge in [-0.15, -0.1) is 0 Å². The number of aryl methyl sites for hydroxylation is 2. The number of pyridine rings is 1. The molecular weight excluding hydrogens is 355 g/mol. The Bertz CT molecular complexity index is 930. The molecule has 3 rings (SSSR count). The highest BCUT2D eigenvalue weighted by Gasteiger charge is 2.39. The van der Waals surface area contributed by atoms with Crippen molar-refractivity contribution in [3.05, 3.63) is 57.4 Å². The monoisotopic (exact) mass is 377 g/mol. The van der Waals surface area contributed by atoms with E-state index in [1.54, 1.807) is 6.07 Å². The molecule has 0 atom stereocenters. The molecule has 0 bridgehead atoms. The van der Waals surface area contributed by atoms with Gasteiger partial charge in [0, 0.05) is 18.4 Å². The second kappa shape index (κ2) is 6.36. The first kappa shape index (κ1) is 19.4. The van der Waals surface area contributed by atoms with Crippen LogP contribution in [0.5, 0.6) is 5.75 Å². The summed E-state index contributed by atoms with van der Waals surface area (Å²) in [4.78, 5) is 16.3. The third-order valence-electron chi connectivity index (χ3n) is 5.11. The van der Waals surface area contributed by atoms with Gasteiger partial charge in [-0.2, -0.15) is 13.2 Å². The molecule has 0 spiro atoms. The first-order valence-electron chi connectivity index (χ1n) is 8.80. The minimum absolute atomic E-state index is 0.0589. The summed E-state index contributed by atoms with van der Waals surface area (Å²) in [5.41, 5.74) is 1.10. The van der Waals surface area contributed by atoms with Gasteiger partial charge >= 0.3 is 6.18 Å². The number of alkyl halides is 3. The number of carbonyl (C=O) groups is 1. The topological polar surface area (TPSA) is 50.2 Å². The lowest BCUT2D eigenvalue weighted by Gasteiger charge is -2.30. The maximum Gasteiger partial charge on any atom is 0.433 e. The smallest absolute Gasteiger partial charge is 0.433 e. The van der Waals surface area contributed by atoms with Gasteiger partial charge in [-0.1, -0.05) is 19.9 Å². The van der Waals surface area contributed by atoms with Crippen molar-refractivity contribution in [3.8, 4) is 5.75 Å². The molecule has 1 N–H and O–H groups in total. The molecule has 1 aliphatic rings. The summed E-state index contributed by atoms with van der Waals surface area (Å²) in [6.45, 7) is 7.36. The second-order valence-corrected chi connectivity index (χ2v) is 8.17. The Balaban J connectivity index is 2.14. The highest BCUT2D eigenvalue weighted by atomic mass is 19.4. The fourth-order valence-corrected chi connectivity index (χ4v) is 3.60. The Morgan fingerprint density at radius 3 is 2.33 bits per heavy atom. The number of aromatic hydroxyl groups is 1. The van der Waals surface area contributed by atoms with Gasteiger partial charge in [0.05, 0.1) is 5.69 Å². The summed E-state index contributed by atoms with van der Waals surface area (Å²) in [6, 6.07) is 4.53. The Morgan fingerprint density at radius 2 is 1.70 bits per heavy atom. The van der Waals surface area contributed by atoms with E-state index in [0.717, 1.165) is 11.1 Å². The highest BCUT2D eigenvalue weighted by molar-refractivity contribution is 5.98. The molecule has 1 aliphatic carbocycles. The van der Waals surface area contributed by atoms with Crippen LogP contribution in [0.3, 0.4) is 0 Å². The van der Waals surface area contributed by atoms with Crippen molar-refractivity contribution in [2.24, 2.45) is 5.41 Å². The first-order chi connectivity index (χ1) is 12.4. The van der Waals surface area contributed by atoms with E-state index in [0.29, 0.717) is 12.0 Å². The Labute approximate surface area is 156 Å². The summed E-state index contributed by atoms with van der Waals surface area (Å²) < 4.78 is 40.9. The third-order valence-corrected chi connectivity index (χ3v) is 5.11. The average Bonchev–Trinajstić information content (AvgIpc) is 2.50. The predicted octanol–water partition coefficient (Wildman–Crippen LogP) is 5.17. The number of aromatic nitrogens is 1. The summed E-state index contributed by atoms with van der Waals surface area (Å²) >= 11 is 0.